The lowest BCUT2D eigenvalue weighted by Gasteiger charge is -2.01. The maximum atomic E-state index is 11.2. The average molecular weight is 237 g/mol. The fourth-order valence-corrected chi connectivity index (χ4v) is 2.78. The lowest BCUT2D eigenvalue weighted by Crippen LogP contribution is -2.08. The van der Waals surface area contributed by atoms with Gasteiger partial charge in [-0.15, -0.1) is 11.6 Å². The predicted molar refractivity (Wildman–Crippen MR) is 60.5 cm³/mol. The standard InChI is InChI=1S/C10H17ClO2S/c1-2-14(12,13)7-3-4-9-5-6-10(11)8-9/h8,10H,2-7H2,1H3. The molecule has 1 atom stereocenters. The molecule has 0 fully saturated rings. The van der Waals surface area contributed by atoms with Crippen molar-refractivity contribution in [1.29, 1.82) is 0 Å². The number of hydrogen-bond acceptors (Lipinski definition) is 2. The van der Waals surface area contributed by atoms with Crippen LogP contribution in [0.25, 0.3) is 0 Å². The van der Waals surface area contributed by atoms with Crippen LogP contribution >= 0.6 is 11.6 Å². The molecule has 1 aliphatic rings. The molecule has 0 spiro atoms. The smallest absolute Gasteiger partial charge is 0.150 e. The Morgan fingerprint density at radius 1 is 1.57 bits per heavy atom. The van der Waals surface area contributed by atoms with E-state index in [-0.39, 0.29) is 11.1 Å². The zero-order valence-corrected chi connectivity index (χ0v) is 10.1. The molecule has 0 aromatic heterocycles. The SMILES string of the molecule is CCS(=O)(=O)CCCC1=CC(Cl)CC1. The molecule has 14 heavy (non-hydrogen) atoms. The molecular formula is C10H17ClO2S. The van der Waals surface area contributed by atoms with Gasteiger partial charge in [-0.25, -0.2) is 8.42 Å². The summed E-state index contributed by atoms with van der Waals surface area (Å²) in [5.41, 5.74) is 1.33. The van der Waals surface area contributed by atoms with E-state index >= 15 is 0 Å². The van der Waals surface area contributed by atoms with Gasteiger partial charge in [0.1, 0.15) is 9.84 Å². The van der Waals surface area contributed by atoms with Crippen LogP contribution in [0.1, 0.15) is 32.6 Å². The van der Waals surface area contributed by atoms with Gasteiger partial charge < -0.3 is 0 Å². The first kappa shape index (κ1) is 12.1. The molecule has 82 valence electrons. The molecule has 0 aromatic carbocycles. The summed E-state index contributed by atoms with van der Waals surface area (Å²) in [6.45, 7) is 1.69. The number of halogens is 1. The summed E-state index contributed by atoms with van der Waals surface area (Å²) < 4.78 is 22.4. The Hall–Kier alpha value is -0.0200. The van der Waals surface area contributed by atoms with Crippen LogP contribution in [0.4, 0.5) is 0 Å². The molecule has 4 heteroatoms. The number of hydrogen-bond donors (Lipinski definition) is 0. The fraction of sp³-hybridized carbons (Fsp3) is 0.800. The van der Waals surface area contributed by atoms with Gasteiger partial charge in [-0.2, -0.15) is 0 Å². The van der Waals surface area contributed by atoms with Crippen LogP contribution in [0.5, 0.6) is 0 Å². The van der Waals surface area contributed by atoms with Crippen LogP contribution in [0.3, 0.4) is 0 Å². The molecule has 1 aliphatic carbocycles. The van der Waals surface area contributed by atoms with E-state index in [0.717, 1.165) is 25.7 Å². The Bertz CT molecular complexity index is 306. The Morgan fingerprint density at radius 2 is 2.29 bits per heavy atom. The molecule has 1 rings (SSSR count). The van der Waals surface area contributed by atoms with E-state index in [1.54, 1.807) is 6.92 Å². The molecule has 0 saturated carbocycles. The highest BCUT2D eigenvalue weighted by Gasteiger charge is 2.13. The van der Waals surface area contributed by atoms with E-state index < -0.39 is 9.84 Å². The van der Waals surface area contributed by atoms with Gasteiger partial charge in [0.15, 0.2) is 0 Å². The fourth-order valence-electron chi connectivity index (χ4n) is 1.62. The molecule has 0 amide bonds. The minimum absolute atomic E-state index is 0.174. The van der Waals surface area contributed by atoms with Crippen molar-refractivity contribution in [1.82, 2.24) is 0 Å². The second-order valence-electron chi connectivity index (χ2n) is 3.72. The maximum absolute atomic E-state index is 11.2. The number of alkyl halides is 1. The van der Waals surface area contributed by atoms with Crippen LogP contribution in [0.15, 0.2) is 11.6 Å². The topological polar surface area (TPSA) is 34.1 Å². The molecule has 0 heterocycles. The van der Waals surface area contributed by atoms with Crippen molar-refractivity contribution >= 4 is 21.4 Å². The van der Waals surface area contributed by atoms with Crippen molar-refractivity contribution in [2.45, 2.75) is 38.0 Å². The maximum Gasteiger partial charge on any atom is 0.150 e. The summed E-state index contributed by atoms with van der Waals surface area (Å²) in [5, 5.41) is 0.174. The lowest BCUT2D eigenvalue weighted by molar-refractivity contribution is 0.594. The molecule has 0 N–H and O–H groups in total. The van der Waals surface area contributed by atoms with Crippen LogP contribution in [0.2, 0.25) is 0 Å². The summed E-state index contributed by atoms with van der Waals surface area (Å²) in [4.78, 5) is 0. The molecular weight excluding hydrogens is 220 g/mol. The van der Waals surface area contributed by atoms with Crippen molar-refractivity contribution in [3.05, 3.63) is 11.6 Å². The first-order valence-electron chi connectivity index (χ1n) is 5.07. The first-order chi connectivity index (χ1) is 6.53. The lowest BCUT2D eigenvalue weighted by atomic mass is 10.1. The van der Waals surface area contributed by atoms with E-state index in [4.69, 9.17) is 11.6 Å². The highest BCUT2D eigenvalue weighted by atomic mass is 35.5. The molecule has 0 bridgehead atoms. The molecule has 0 radical (unpaired) electrons. The summed E-state index contributed by atoms with van der Waals surface area (Å²) in [6.07, 6.45) is 5.76. The van der Waals surface area contributed by atoms with Crippen molar-refractivity contribution in [2.75, 3.05) is 11.5 Å². The number of rotatable bonds is 5. The minimum atomic E-state index is -2.78. The van der Waals surface area contributed by atoms with Crippen LogP contribution in [0, 0.1) is 0 Å². The van der Waals surface area contributed by atoms with E-state index in [2.05, 4.69) is 6.08 Å². The third kappa shape index (κ3) is 4.01. The molecule has 0 saturated heterocycles. The highest BCUT2D eigenvalue weighted by Crippen LogP contribution is 2.25. The molecule has 1 unspecified atom stereocenters. The molecule has 0 aliphatic heterocycles. The van der Waals surface area contributed by atoms with Crippen LogP contribution in [-0.4, -0.2) is 25.3 Å². The largest absolute Gasteiger partial charge is 0.229 e. The van der Waals surface area contributed by atoms with Crippen molar-refractivity contribution in [3.8, 4) is 0 Å². The Kier molecular flexibility index (Phi) is 4.45. The summed E-state index contributed by atoms with van der Waals surface area (Å²) in [7, 11) is -2.78. The van der Waals surface area contributed by atoms with Gasteiger partial charge in [-0.3, -0.25) is 0 Å². The van der Waals surface area contributed by atoms with Crippen LogP contribution < -0.4 is 0 Å². The predicted octanol–water partition coefficient (Wildman–Crippen LogP) is 2.53. The van der Waals surface area contributed by atoms with E-state index in [1.165, 1.54) is 5.57 Å². The summed E-state index contributed by atoms with van der Waals surface area (Å²) >= 11 is 5.91. The zero-order chi connectivity index (χ0) is 10.6. The van der Waals surface area contributed by atoms with Gasteiger partial charge >= 0.3 is 0 Å². The van der Waals surface area contributed by atoms with E-state index in [0.29, 0.717) is 5.75 Å². The number of sulfone groups is 1. The third-order valence-electron chi connectivity index (χ3n) is 2.55. The quantitative estimate of drug-likeness (QED) is 0.543. The first-order valence-corrected chi connectivity index (χ1v) is 7.33. The Balaban J connectivity index is 2.26. The van der Waals surface area contributed by atoms with Gasteiger partial charge in [0.05, 0.1) is 11.1 Å². The van der Waals surface area contributed by atoms with Crippen molar-refractivity contribution in [2.24, 2.45) is 0 Å². The van der Waals surface area contributed by atoms with Gasteiger partial charge in [0.25, 0.3) is 0 Å². The van der Waals surface area contributed by atoms with Gasteiger partial charge in [-0.05, 0) is 25.7 Å². The average Bonchev–Trinajstić information content (AvgIpc) is 2.51. The Morgan fingerprint density at radius 3 is 2.79 bits per heavy atom. The van der Waals surface area contributed by atoms with E-state index in [9.17, 15) is 8.42 Å². The number of allylic oxidation sites excluding steroid dienone is 2. The third-order valence-corrected chi connectivity index (χ3v) is 4.69. The minimum Gasteiger partial charge on any atom is -0.229 e. The van der Waals surface area contributed by atoms with Gasteiger partial charge in [-0.1, -0.05) is 18.6 Å². The monoisotopic (exact) mass is 236 g/mol. The summed E-state index contributed by atoms with van der Waals surface area (Å²) in [5.74, 6) is 0.567. The van der Waals surface area contributed by atoms with Gasteiger partial charge in [0.2, 0.25) is 0 Å². The van der Waals surface area contributed by atoms with Gasteiger partial charge in [0, 0.05) is 5.75 Å². The highest BCUT2D eigenvalue weighted by molar-refractivity contribution is 7.91. The summed E-state index contributed by atoms with van der Waals surface area (Å²) in [6, 6.07) is 0. The Labute approximate surface area is 91.3 Å². The van der Waals surface area contributed by atoms with E-state index in [1.807, 2.05) is 0 Å². The molecule has 0 aromatic rings. The molecule has 2 nitrogen and oxygen atoms in total. The second-order valence-corrected chi connectivity index (χ2v) is 6.75. The normalized spacial score (nSPS) is 22.4. The van der Waals surface area contributed by atoms with Crippen molar-refractivity contribution < 1.29 is 8.42 Å². The van der Waals surface area contributed by atoms with Crippen LogP contribution in [-0.2, 0) is 9.84 Å². The zero-order valence-electron chi connectivity index (χ0n) is 8.50. The van der Waals surface area contributed by atoms with Crippen molar-refractivity contribution in [3.63, 3.8) is 0 Å². The second kappa shape index (κ2) is 5.17.